The molecule has 6 heteroatoms. The summed E-state index contributed by atoms with van der Waals surface area (Å²) in [7, 11) is 1.67. The highest BCUT2D eigenvalue weighted by Gasteiger charge is 2.34. The van der Waals surface area contributed by atoms with Crippen molar-refractivity contribution >= 4 is 12.0 Å². The van der Waals surface area contributed by atoms with Gasteiger partial charge in [-0.3, -0.25) is 4.79 Å². The molecule has 2 aromatic carbocycles. The zero-order chi connectivity index (χ0) is 23.3. The Hall–Kier alpha value is -3.38. The highest BCUT2D eigenvalue weighted by molar-refractivity contribution is 5.92. The SMILES string of the molecule is COc1ccc(C2(CNC(=O)C=Cc3c(C)nn(-c4ccccc4)c3C)CCOCC2)cc1. The van der Waals surface area contributed by atoms with E-state index in [9.17, 15) is 4.79 Å². The van der Waals surface area contributed by atoms with Gasteiger partial charge in [0.2, 0.25) is 5.91 Å². The highest BCUT2D eigenvalue weighted by atomic mass is 16.5. The molecule has 1 aliphatic heterocycles. The number of hydrogen-bond donors (Lipinski definition) is 1. The van der Waals surface area contributed by atoms with Crippen LogP contribution in [-0.2, 0) is 14.9 Å². The second-order valence-corrected chi connectivity index (χ2v) is 8.50. The molecule has 0 aliphatic carbocycles. The van der Waals surface area contributed by atoms with Gasteiger partial charge in [-0.15, -0.1) is 0 Å². The molecule has 1 amide bonds. The molecule has 6 nitrogen and oxygen atoms in total. The lowest BCUT2D eigenvalue weighted by Gasteiger charge is -2.38. The molecule has 0 unspecified atom stereocenters. The van der Waals surface area contributed by atoms with E-state index in [4.69, 9.17) is 9.47 Å². The van der Waals surface area contributed by atoms with Gasteiger partial charge in [0.05, 0.1) is 18.5 Å². The zero-order valence-electron chi connectivity index (χ0n) is 19.5. The van der Waals surface area contributed by atoms with Crippen molar-refractivity contribution in [1.29, 1.82) is 0 Å². The van der Waals surface area contributed by atoms with Crippen LogP contribution in [0.1, 0.15) is 35.4 Å². The number of carbonyl (C=O) groups is 1. The summed E-state index contributed by atoms with van der Waals surface area (Å²) in [4.78, 5) is 12.8. The fourth-order valence-corrected chi connectivity index (χ4v) is 4.47. The Bertz CT molecular complexity index is 1110. The first kappa shape index (κ1) is 22.8. The molecule has 0 saturated carbocycles. The van der Waals surface area contributed by atoms with Gasteiger partial charge in [0.15, 0.2) is 0 Å². The summed E-state index contributed by atoms with van der Waals surface area (Å²) < 4.78 is 12.8. The molecule has 3 aromatic rings. The maximum absolute atomic E-state index is 12.8. The monoisotopic (exact) mass is 445 g/mol. The van der Waals surface area contributed by atoms with E-state index >= 15 is 0 Å². The second-order valence-electron chi connectivity index (χ2n) is 8.50. The fraction of sp³-hybridized carbons (Fsp3) is 0.333. The van der Waals surface area contributed by atoms with E-state index in [2.05, 4.69) is 22.5 Å². The van der Waals surface area contributed by atoms with E-state index in [-0.39, 0.29) is 11.3 Å². The normalized spacial score (nSPS) is 15.5. The molecule has 33 heavy (non-hydrogen) atoms. The summed E-state index contributed by atoms with van der Waals surface area (Å²) in [6, 6.07) is 18.1. The van der Waals surface area contributed by atoms with Gasteiger partial charge in [-0.05, 0) is 62.6 Å². The third-order valence-electron chi connectivity index (χ3n) is 6.50. The molecule has 0 spiro atoms. The van der Waals surface area contributed by atoms with Crippen molar-refractivity contribution in [3.8, 4) is 11.4 Å². The van der Waals surface area contributed by atoms with Crippen LogP contribution in [-0.4, -0.2) is 42.6 Å². The third-order valence-corrected chi connectivity index (χ3v) is 6.50. The van der Waals surface area contributed by atoms with E-state index in [0.717, 1.165) is 41.2 Å². The van der Waals surface area contributed by atoms with Crippen molar-refractivity contribution in [3.05, 3.63) is 83.2 Å². The average Bonchev–Trinajstić information content (AvgIpc) is 3.15. The molecule has 1 aliphatic rings. The number of aryl methyl sites for hydroxylation is 1. The molecule has 0 bridgehead atoms. The summed E-state index contributed by atoms with van der Waals surface area (Å²) in [5.74, 6) is 0.718. The molecule has 1 N–H and O–H groups in total. The van der Waals surface area contributed by atoms with Gasteiger partial charge in [0, 0.05) is 42.5 Å². The molecular formula is C27H31N3O3. The van der Waals surface area contributed by atoms with Gasteiger partial charge in [-0.1, -0.05) is 30.3 Å². The number of para-hydroxylation sites is 1. The first-order valence-electron chi connectivity index (χ1n) is 11.3. The number of hydrogen-bond acceptors (Lipinski definition) is 4. The average molecular weight is 446 g/mol. The number of rotatable bonds is 7. The number of carbonyl (C=O) groups excluding carboxylic acids is 1. The van der Waals surface area contributed by atoms with Gasteiger partial charge in [0.25, 0.3) is 0 Å². The van der Waals surface area contributed by atoms with Crippen molar-refractivity contribution in [2.75, 3.05) is 26.9 Å². The Morgan fingerprint density at radius 2 is 1.82 bits per heavy atom. The Morgan fingerprint density at radius 3 is 2.48 bits per heavy atom. The van der Waals surface area contributed by atoms with E-state index < -0.39 is 0 Å². The number of methoxy groups -OCH3 is 1. The lowest BCUT2D eigenvalue weighted by atomic mass is 9.74. The summed E-state index contributed by atoms with van der Waals surface area (Å²) in [5, 5.41) is 7.78. The lowest BCUT2D eigenvalue weighted by Crippen LogP contribution is -2.44. The van der Waals surface area contributed by atoms with Crippen LogP contribution in [0.5, 0.6) is 5.75 Å². The second kappa shape index (κ2) is 10.0. The van der Waals surface area contributed by atoms with Crippen LogP contribution in [0.15, 0.2) is 60.7 Å². The Balaban J connectivity index is 1.47. The molecule has 0 radical (unpaired) electrons. The Kier molecular flexibility index (Phi) is 6.94. The van der Waals surface area contributed by atoms with Crippen LogP contribution < -0.4 is 10.1 Å². The largest absolute Gasteiger partial charge is 0.497 e. The third kappa shape index (κ3) is 5.01. The summed E-state index contributed by atoms with van der Waals surface area (Å²) in [5.41, 5.74) is 4.92. The number of nitrogens with one attached hydrogen (secondary N) is 1. The Morgan fingerprint density at radius 1 is 1.12 bits per heavy atom. The van der Waals surface area contributed by atoms with E-state index in [1.54, 1.807) is 13.2 Å². The van der Waals surface area contributed by atoms with Crippen molar-refractivity contribution in [3.63, 3.8) is 0 Å². The van der Waals surface area contributed by atoms with Crippen molar-refractivity contribution in [2.45, 2.75) is 32.1 Å². The molecule has 1 fully saturated rings. The fourth-order valence-electron chi connectivity index (χ4n) is 4.47. The van der Waals surface area contributed by atoms with E-state index in [0.29, 0.717) is 19.8 Å². The summed E-state index contributed by atoms with van der Waals surface area (Å²) in [6.07, 6.45) is 5.20. The minimum absolute atomic E-state index is 0.111. The topological polar surface area (TPSA) is 65.4 Å². The number of amides is 1. The Labute approximate surface area is 195 Å². The lowest BCUT2D eigenvalue weighted by molar-refractivity contribution is -0.116. The zero-order valence-corrected chi connectivity index (χ0v) is 19.5. The predicted molar refractivity (Wildman–Crippen MR) is 130 cm³/mol. The van der Waals surface area contributed by atoms with Gasteiger partial charge >= 0.3 is 0 Å². The maximum atomic E-state index is 12.8. The minimum atomic E-state index is -0.141. The summed E-state index contributed by atoms with van der Waals surface area (Å²) >= 11 is 0. The van der Waals surface area contributed by atoms with Crippen LogP contribution in [0.3, 0.4) is 0 Å². The van der Waals surface area contributed by atoms with Crippen molar-refractivity contribution < 1.29 is 14.3 Å². The van der Waals surface area contributed by atoms with Gasteiger partial charge < -0.3 is 14.8 Å². The molecule has 2 heterocycles. The van der Waals surface area contributed by atoms with Crippen molar-refractivity contribution in [2.24, 2.45) is 0 Å². The number of benzene rings is 2. The van der Waals surface area contributed by atoms with Gasteiger partial charge in [0.1, 0.15) is 5.75 Å². The van der Waals surface area contributed by atoms with Crippen molar-refractivity contribution in [1.82, 2.24) is 15.1 Å². The van der Waals surface area contributed by atoms with Gasteiger partial charge in [-0.25, -0.2) is 4.68 Å². The molecule has 0 atom stereocenters. The van der Waals surface area contributed by atoms with E-state index in [1.165, 1.54) is 5.56 Å². The molecule has 172 valence electrons. The minimum Gasteiger partial charge on any atom is -0.497 e. The van der Waals surface area contributed by atoms with Crippen LogP contribution in [0.4, 0.5) is 0 Å². The summed E-state index contributed by atoms with van der Waals surface area (Å²) in [6.45, 7) is 5.92. The number of ether oxygens (including phenoxy) is 2. The quantitative estimate of drug-likeness (QED) is 0.549. The van der Waals surface area contributed by atoms with Gasteiger partial charge in [-0.2, -0.15) is 5.10 Å². The molecule has 1 saturated heterocycles. The van der Waals surface area contributed by atoms with Crippen LogP contribution in [0.25, 0.3) is 11.8 Å². The van der Waals surface area contributed by atoms with Crippen LogP contribution in [0, 0.1) is 13.8 Å². The standard InChI is InChI=1S/C27H31N3O3/c1-20-25(21(2)30(29-20)23-7-5-4-6-8-23)13-14-26(31)28-19-27(15-17-33-18-16-27)22-9-11-24(32-3)12-10-22/h4-14H,15-19H2,1-3H3,(H,28,31). The number of nitrogens with zero attached hydrogens (tertiary/aromatic N) is 2. The predicted octanol–water partition coefficient (Wildman–Crippen LogP) is 4.38. The molecule has 4 rings (SSSR count). The van der Waals surface area contributed by atoms with E-state index in [1.807, 2.05) is 67.1 Å². The first-order chi connectivity index (χ1) is 16.0. The first-order valence-corrected chi connectivity index (χ1v) is 11.3. The van der Waals surface area contributed by atoms with Crippen LogP contribution in [0.2, 0.25) is 0 Å². The highest BCUT2D eigenvalue weighted by Crippen LogP contribution is 2.35. The van der Waals surface area contributed by atoms with Crippen LogP contribution >= 0.6 is 0 Å². The number of aromatic nitrogens is 2. The smallest absolute Gasteiger partial charge is 0.244 e. The molecular weight excluding hydrogens is 414 g/mol. The molecule has 1 aromatic heterocycles. The maximum Gasteiger partial charge on any atom is 0.244 e.